The van der Waals surface area contributed by atoms with Crippen LogP contribution in [0.1, 0.15) is 32.9 Å². The van der Waals surface area contributed by atoms with Gasteiger partial charge in [0.25, 0.3) is 0 Å². The highest BCUT2D eigenvalue weighted by Gasteiger charge is 2.29. The summed E-state index contributed by atoms with van der Waals surface area (Å²) in [4.78, 5) is 4.25. The van der Waals surface area contributed by atoms with Crippen LogP contribution in [0.5, 0.6) is 0 Å². The lowest BCUT2D eigenvalue weighted by molar-refractivity contribution is 0.270. The summed E-state index contributed by atoms with van der Waals surface area (Å²) < 4.78 is 14.8. The van der Waals surface area contributed by atoms with Crippen molar-refractivity contribution in [3.05, 3.63) is 30.1 Å². The quantitative estimate of drug-likeness (QED) is 0.767. The van der Waals surface area contributed by atoms with Crippen LogP contribution in [0.15, 0.2) is 24.4 Å². The van der Waals surface area contributed by atoms with Gasteiger partial charge in [-0.05, 0) is 39.3 Å². The lowest BCUT2D eigenvalue weighted by Crippen LogP contribution is -2.45. The van der Waals surface area contributed by atoms with E-state index in [-0.39, 0.29) is 17.4 Å². The molecule has 0 bridgehead atoms. The zero-order valence-electron chi connectivity index (χ0n) is 11.2. The molecule has 0 aliphatic heterocycles. The van der Waals surface area contributed by atoms with E-state index in [0.29, 0.717) is 12.8 Å². The Labute approximate surface area is 112 Å². The summed E-state index contributed by atoms with van der Waals surface area (Å²) in [6.45, 7) is 5.85. The van der Waals surface area contributed by atoms with Crippen molar-refractivity contribution in [1.29, 1.82) is 0 Å². The molecule has 2 atom stereocenters. The number of hydrogen-bond acceptors (Lipinski definition) is 4. The second-order valence-corrected chi connectivity index (χ2v) is 7.23. The molecule has 0 radical (unpaired) electrons. The van der Waals surface area contributed by atoms with Crippen LogP contribution in [-0.2, 0) is 17.8 Å². The van der Waals surface area contributed by atoms with E-state index in [1.54, 1.807) is 6.20 Å². The predicted octanol–water partition coefficient (Wildman–Crippen LogP) is 1.43. The normalized spacial score (nSPS) is 15.4. The Balaban J connectivity index is 2.60. The summed E-state index contributed by atoms with van der Waals surface area (Å²) in [7, 11) is 0. The number of nitrogens with zero attached hydrogens (tertiary/aromatic N) is 1. The third-order valence-electron chi connectivity index (χ3n) is 2.49. The van der Waals surface area contributed by atoms with Crippen LogP contribution in [0, 0.1) is 0 Å². The molecule has 102 valence electrons. The van der Waals surface area contributed by atoms with Gasteiger partial charge in [-0.2, -0.15) is 0 Å². The first kappa shape index (κ1) is 15.4. The summed E-state index contributed by atoms with van der Waals surface area (Å²) in [5.41, 5.74) is 0.939. The Bertz CT molecular complexity index is 341. The van der Waals surface area contributed by atoms with Gasteiger partial charge in [-0.15, -0.1) is 4.72 Å². The summed E-state index contributed by atoms with van der Waals surface area (Å²) in [6.07, 6.45) is 2.98. The van der Waals surface area contributed by atoms with Gasteiger partial charge >= 0.3 is 0 Å². The van der Waals surface area contributed by atoms with Crippen molar-refractivity contribution in [3.63, 3.8) is 0 Å². The minimum atomic E-state index is -1.13. The second-order valence-electron chi connectivity index (χ2n) is 5.23. The first-order valence-electron chi connectivity index (χ1n) is 6.12. The van der Waals surface area contributed by atoms with E-state index in [1.165, 1.54) is 0 Å². The fourth-order valence-corrected chi connectivity index (χ4v) is 2.32. The summed E-state index contributed by atoms with van der Waals surface area (Å²) in [5, 5.41) is 9.07. The molecule has 0 aromatic carbocycles. The Morgan fingerprint density at radius 2 is 2.17 bits per heavy atom. The van der Waals surface area contributed by atoms with Crippen LogP contribution >= 0.6 is 0 Å². The van der Waals surface area contributed by atoms with E-state index in [0.717, 1.165) is 5.69 Å². The van der Waals surface area contributed by atoms with Gasteiger partial charge in [-0.3, -0.25) is 4.98 Å². The van der Waals surface area contributed by atoms with Gasteiger partial charge in [0.15, 0.2) is 0 Å². The molecule has 0 amide bonds. The van der Waals surface area contributed by atoms with Crippen LogP contribution in [-0.4, -0.2) is 32.0 Å². The molecule has 0 fully saturated rings. The molecule has 0 aliphatic carbocycles. The Morgan fingerprint density at radius 1 is 1.44 bits per heavy atom. The van der Waals surface area contributed by atoms with Gasteiger partial charge in [0.1, 0.15) is 4.75 Å². The largest absolute Gasteiger partial charge is 0.598 e. The molecule has 1 aromatic rings. The third-order valence-corrected chi connectivity index (χ3v) is 4.15. The average Bonchev–Trinajstić information content (AvgIpc) is 2.29. The van der Waals surface area contributed by atoms with Gasteiger partial charge in [0, 0.05) is 36.3 Å². The van der Waals surface area contributed by atoms with E-state index in [9.17, 15) is 4.55 Å². The van der Waals surface area contributed by atoms with Crippen molar-refractivity contribution in [2.45, 2.75) is 44.4 Å². The van der Waals surface area contributed by atoms with Crippen LogP contribution in [0.4, 0.5) is 0 Å². The number of nitrogens with one attached hydrogen (secondary N) is 1. The van der Waals surface area contributed by atoms with Crippen molar-refractivity contribution in [2.24, 2.45) is 0 Å². The topological polar surface area (TPSA) is 68.2 Å². The number of pyridine rings is 1. The van der Waals surface area contributed by atoms with E-state index < -0.39 is 11.4 Å². The molecule has 0 spiro atoms. The van der Waals surface area contributed by atoms with E-state index >= 15 is 0 Å². The minimum absolute atomic E-state index is 0.0232. The van der Waals surface area contributed by atoms with E-state index in [2.05, 4.69) is 9.71 Å². The molecule has 1 heterocycles. The molecule has 1 rings (SSSR count). The van der Waals surface area contributed by atoms with Gasteiger partial charge in [-0.1, -0.05) is 6.07 Å². The maximum atomic E-state index is 12.0. The summed E-state index contributed by atoms with van der Waals surface area (Å²) in [6, 6.07) is 5.71. The van der Waals surface area contributed by atoms with Crippen LogP contribution in [0.2, 0.25) is 0 Å². The van der Waals surface area contributed by atoms with Crippen molar-refractivity contribution in [1.82, 2.24) is 9.71 Å². The smallest absolute Gasteiger partial charge is 0.136 e. The van der Waals surface area contributed by atoms with Crippen LogP contribution in [0.25, 0.3) is 0 Å². The lowest BCUT2D eigenvalue weighted by atomic mass is 10.1. The number of aliphatic hydroxyl groups is 1. The summed E-state index contributed by atoms with van der Waals surface area (Å²) in [5.74, 6) is 0. The van der Waals surface area contributed by atoms with Crippen molar-refractivity contribution >= 4 is 11.4 Å². The number of hydrogen-bond donors (Lipinski definition) is 2. The fourth-order valence-electron chi connectivity index (χ4n) is 1.46. The molecular weight excluding hydrogens is 248 g/mol. The lowest BCUT2D eigenvalue weighted by Gasteiger charge is -2.27. The Kier molecular flexibility index (Phi) is 6.08. The van der Waals surface area contributed by atoms with Gasteiger partial charge in [-0.25, -0.2) is 0 Å². The number of rotatable bonds is 6. The second kappa shape index (κ2) is 7.09. The van der Waals surface area contributed by atoms with Gasteiger partial charge in [0.05, 0.1) is 6.04 Å². The highest BCUT2D eigenvalue weighted by molar-refractivity contribution is 7.90. The molecule has 18 heavy (non-hydrogen) atoms. The third kappa shape index (κ3) is 5.35. The molecule has 0 aliphatic rings. The first-order chi connectivity index (χ1) is 8.43. The first-order valence-corrected chi connectivity index (χ1v) is 7.27. The maximum Gasteiger partial charge on any atom is 0.136 e. The standard InChI is InChI=1S/C13H22N2O2S/c1-13(2,3)18(17)15-12(7-9-16)10-11-6-4-5-8-14-11/h4-6,8,12,15-16H,7,9-10H2,1-3H3. The molecule has 2 unspecified atom stereocenters. The average molecular weight is 270 g/mol. The summed E-state index contributed by atoms with van der Waals surface area (Å²) >= 11 is -1.13. The molecular formula is C13H22N2O2S. The SMILES string of the molecule is CC(C)(C)[S+]([O-])NC(CCO)Cc1ccccn1. The molecule has 5 heteroatoms. The monoisotopic (exact) mass is 270 g/mol. The highest BCUT2D eigenvalue weighted by Crippen LogP contribution is 2.15. The molecule has 1 aromatic heterocycles. The zero-order valence-corrected chi connectivity index (χ0v) is 12.0. The van der Waals surface area contributed by atoms with Crippen molar-refractivity contribution < 1.29 is 9.66 Å². The van der Waals surface area contributed by atoms with E-state index in [4.69, 9.17) is 5.11 Å². The number of aromatic nitrogens is 1. The predicted molar refractivity (Wildman–Crippen MR) is 74.5 cm³/mol. The van der Waals surface area contributed by atoms with Crippen LogP contribution < -0.4 is 4.72 Å². The van der Waals surface area contributed by atoms with Crippen molar-refractivity contribution in [2.75, 3.05) is 6.61 Å². The maximum absolute atomic E-state index is 12.0. The van der Waals surface area contributed by atoms with Crippen molar-refractivity contribution in [3.8, 4) is 0 Å². The fraction of sp³-hybridized carbons (Fsp3) is 0.615. The zero-order chi connectivity index (χ0) is 13.6. The highest BCUT2D eigenvalue weighted by atomic mass is 32.2. The minimum Gasteiger partial charge on any atom is -0.598 e. The number of aliphatic hydroxyl groups excluding tert-OH is 1. The van der Waals surface area contributed by atoms with E-state index in [1.807, 2.05) is 39.0 Å². The molecule has 0 saturated carbocycles. The molecule has 0 saturated heterocycles. The van der Waals surface area contributed by atoms with Gasteiger partial charge < -0.3 is 9.66 Å². The Morgan fingerprint density at radius 3 is 2.67 bits per heavy atom. The van der Waals surface area contributed by atoms with Gasteiger partial charge in [0.2, 0.25) is 0 Å². The molecule has 4 nitrogen and oxygen atoms in total. The van der Waals surface area contributed by atoms with Crippen LogP contribution in [0.3, 0.4) is 0 Å². The molecule has 2 N–H and O–H groups in total. The Hall–Kier alpha value is -0.620.